The molecule has 0 saturated carbocycles. The predicted molar refractivity (Wildman–Crippen MR) is 87.4 cm³/mol. The number of methoxy groups -OCH3 is 1. The fourth-order valence-electron chi connectivity index (χ4n) is 1.98. The van der Waals surface area contributed by atoms with E-state index in [0.29, 0.717) is 16.9 Å². The molecule has 0 aliphatic rings. The molecule has 0 aromatic heterocycles. The largest absolute Gasteiger partial charge is 0.497 e. The molecule has 0 saturated heterocycles. The number of hydrogen-bond acceptors (Lipinski definition) is 4. The van der Waals surface area contributed by atoms with E-state index >= 15 is 0 Å². The Hall–Kier alpha value is -2.59. The Balaban J connectivity index is 2.56. The minimum Gasteiger partial charge on any atom is -0.497 e. The van der Waals surface area contributed by atoms with E-state index in [1.165, 1.54) is 0 Å². The fraction of sp³-hybridized carbons (Fsp3) is 0.0588. The highest BCUT2D eigenvalue weighted by Crippen LogP contribution is 2.31. The molecule has 0 fully saturated rings. The van der Waals surface area contributed by atoms with E-state index in [0.717, 1.165) is 6.21 Å². The lowest BCUT2D eigenvalue weighted by Crippen LogP contribution is -2.05. The van der Waals surface area contributed by atoms with Crippen molar-refractivity contribution >= 4 is 34.2 Å². The molecule has 0 aliphatic carbocycles. The van der Waals surface area contributed by atoms with Crippen LogP contribution in [0.25, 0.3) is 10.6 Å². The smallest absolute Gasteiger partial charge is 0.209 e. The number of oxime groups is 1. The second-order valence-corrected chi connectivity index (χ2v) is 4.77. The van der Waals surface area contributed by atoms with Crippen molar-refractivity contribution in [3.8, 4) is 5.75 Å². The molecule has 0 spiro atoms. The molecule has 2 aromatic rings. The third-order valence-corrected chi connectivity index (χ3v) is 3.45. The van der Waals surface area contributed by atoms with Gasteiger partial charge >= 0.3 is 0 Å². The number of carbonyl (C=O) groups is 1. The van der Waals surface area contributed by atoms with Gasteiger partial charge in [-0.2, -0.15) is 0 Å². The normalized spacial score (nSPS) is 12.1. The highest BCUT2D eigenvalue weighted by atomic mass is 35.5. The van der Waals surface area contributed by atoms with Gasteiger partial charge in [0.05, 0.1) is 17.7 Å². The van der Waals surface area contributed by atoms with E-state index < -0.39 is 5.78 Å². The summed E-state index contributed by atoms with van der Waals surface area (Å²) in [7, 11) is 1.57. The second-order valence-electron chi connectivity index (χ2n) is 4.39. The number of halogens is 1. The van der Waals surface area contributed by atoms with Crippen molar-refractivity contribution in [2.75, 3.05) is 7.11 Å². The Morgan fingerprint density at radius 1 is 1.09 bits per heavy atom. The van der Waals surface area contributed by atoms with Crippen LogP contribution in [0, 0.1) is 0 Å². The number of Topliss-reactive ketones (excluding diaryl/α,β-unsaturated/α-hetero) is 1. The number of rotatable bonds is 5. The summed E-state index contributed by atoms with van der Waals surface area (Å²) in [6.45, 7) is 0. The summed E-state index contributed by atoms with van der Waals surface area (Å²) in [5, 5.41) is 11.7. The molecule has 112 valence electrons. The van der Waals surface area contributed by atoms with Crippen LogP contribution in [0.15, 0.2) is 59.8 Å². The van der Waals surface area contributed by atoms with E-state index in [2.05, 4.69) is 5.16 Å². The first-order chi connectivity index (χ1) is 10.7. The SMILES string of the molecule is COc1ccc(C(Cl)=C(C(=O)C=NO)c2ccccc2)cc1. The highest BCUT2D eigenvalue weighted by Gasteiger charge is 2.16. The quantitative estimate of drug-likeness (QED) is 0.300. The van der Waals surface area contributed by atoms with Crippen molar-refractivity contribution in [2.24, 2.45) is 5.16 Å². The number of carbonyl (C=O) groups excluding carboxylic acids is 1. The minimum atomic E-state index is -0.477. The summed E-state index contributed by atoms with van der Waals surface area (Å²) in [4.78, 5) is 12.2. The molecule has 22 heavy (non-hydrogen) atoms. The molecule has 0 aliphatic heterocycles. The van der Waals surface area contributed by atoms with Gasteiger partial charge in [-0.15, -0.1) is 0 Å². The van der Waals surface area contributed by atoms with Gasteiger partial charge in [0, 0.05) is 0 Å². The number of nitrogens with zero attached hydrogens (tertiary/aromatic N) is 1. The van der Waals surface area contributed by atoms with Crippen LogP contribution in [0.4, 0.5) is 0 Å². The van der Waals surface area contributed by atoms with E-state index in [9.17, 15) is 4.79 Å². The Morgan fingerprint density at radius 3 is 2.27 bits per heavy atom. The summed E-state index contributed by atoms with van der Waals surface area (Å²) >= 11 is 6.41. The first-order valence-electron chi connectivity index (χ1n) is 6.48. The minimum absolute atomic E-state index is 0.269. The molecule has 4 nitrogen and oxygen atoms in total. The summed E-state index contributed by atoms with van der Waals surface area (Å²) < 4.78 is 5.10. The van der Waals surface area contributed by atoms with Gasteiger partial charge in [0.2, 0.25) is 5.78 Å². The summed E-state index contributed by atoms with van der Waals surface area (Å²) in [5.74, 6) is 0.215. The van der Waals surface area contributed by atoms with Crippen molar-refractivity contribution in [2.45, 2.75) is 0 Å². The van der Waals surface area contributed by atoms with Gasteiger partial charge < -0.3 is 9.94 Å². The standard InChI is InChI=1S/C17H14ClNO3/c1-22-14-9-7-13(8-10-14)17(18)16(15(20)11-19-21)12-5-3-2-4-6-12/h2-11,21H,1H3. The van der Waals surface area contributed by atoms with Crippen LogP contribution in [-0.2, 0) is 4.79 Å². The molecule has 0 bridgehead atoms. The van der Waals surface area contributed by atoms with Gasteiger partial charge in [-0.05, 0) is 35.4 Å². The topological polar surface area (TPSA) is 58.9 Å². The van der Waals surface area contributed by atoms with Crippen LogP contribution in [0.2, 0.25) is 0 Å². The lowest BCUT2D eigenvalue weighted by atomic mass is 9.99. The molecule has 0 atom stereocenters. The van der Waals surface area contributed by atoms with Gasteiger partial charge in [-0.1, -0.05) is 47.1 Å². The fourth-order valence-corrected chi connectivity index (χ4v) is 2.31. The zero-order valence-corrected chi connectivity index (χ0v) is 12.6. The van der Waals surface area contributed by atoms with Crippen molar-refractivity contribution in [3.05, 3.63) is 65.7 Å². The van der Waals surface area contributed by atoms with E-state index in [4.69, 9.17) is 21.5 Å². The molecule has 0 heterocycles. The summed E-state index contributed by atoms with van der Waals surface area (Å²) in [6, 6.07) is 16.0. The molecular formula is C17H14ClNO3. The van der Waals surface area contributed by atoms with Crippen LogP contribution in [0.5, 0.6) is 5.75 Å². The maximum Gasteiger partial charge on any atom is 0.209 e. The number of hydrogen-bond donors (Lipinski definition) is 1. The monoisotopic (exact) mass is 315 g/mol. The van der Waals surface area contributed by atoms with Crippen molar-refractivity contribution in [1.29, 1.82) is 0 Å². The molecular weight excluding hydrogens is 302 g/mol. The molecule has 0 unspecified atom stereocenters. The lowest BCUT2D eigenvalue weighted by molar-refractivity contribution is -0.107. The third kappa shape index (κ3) is 3.54. The van der Waals surface area contributed by atoms with Crippen molar-refractivity contribution < 1.29 is 14.7 Å². The zero-order chi connectivity index (χ0) is 15.9. The summed E-state index contributed by atoms with van der Waals surface area (Å²) in [5.41, 5.74) is 1.58. The highest BCUT2D eigenvalue weighted by molar-refractivity contribution is 6.62. The molecule has 0 radical (unpaired) electrons. The second kappa shape index (κ2) is 7.43. The number of ether oxygens (including phenoxy) is 1. The zero-order valence-electron chi connectivity index (χ0n) is 11.9. The lowest BCUT2D eigenvalue weighted by Gasteiger charge is -2.09. The molecule has 2 aromatic carbocycles. The van der Waals surface area contributed by atoms with Gasteiger partial charge in [0.15, 0.2) is 0 Å². The van der Waals surface area contributed by atoms with Crippen LogP contribution >= 0.6 is 11.6 Å². The first-order valence-corrected chi connectivity index (χ1v) is 6.86. The van der Waals surface area contributed by atoms with Gasteiger partial charge in [-0.3, -0.25) is 4.79 Å². The van der Waals surface area contributed by atoms with E-state index in [1.807, 2.05) is 6.07 Å². The molecule has 1 N–H and O–H groups in total. The maximum absolute atomic E-state index is 12.2. The molecule has 0 amide bonds. The Labute approximate surface area is 133 Å². The van der Waals surface area contributed by atoms with E-state index in [1.54, 1.807) is 55.6 Å². The Bertz CT molecular complexity index is 706. The predicted octanol–water partition coefficient (Wildman–Crippen LogP) is 3.83. The average Bonchev–Trinajstić information content (AvgIpc) is 2.56. The van der Waals surface area contributed by atoms with Crippen LogP contribution in [0.1, 0.15) is 11.1 Å². The number of ketones is 1. The number of benzene rings is 2. The molecule has 5 heteroatoms. The van der Waals surface area contributed by atoms with Crippen LogP contribution < -0.4 is 4.74 Å². The third-order valence-electron chi connectivity index (χ3n) is 3.05. The number of allylic oxidation sites excluding steroid dienone is 1. The van der Waals surface area contributed by atoms with Gasteiger partial charge in [0.1, 0.15) is 12.0 Å². The maximum atomic E-state index is 12.2. The van der Waals surface area contributed by atoms with Crippen molar-refractivity contribution in [3.63, 3.8) is 0 Å². The van der Waals surface area contributed by atoms with Crippen molar-refractivity contribution in [1.82, 2.24) is 0 Å². The van der Waals surface area contributed by atoms with Gasteiger partial charge in [0.25, 0.3) is 0 Å². The summed E-state index contributed by atoms with van der Waals surface area (Å²) in [6.07, 6.45) is 0.828. The van der Waals surface area contributed by atoms with E-state index in [-0.39, 0.29) is 10.6 Å². The molecule has 2 rings (SSSR count). The Morgan fingerprint density at radius 2 is 1.73 bits per heavy atom. The van der Waals surface area contributed by atoms with Crippen LogP contribution in [-0.4, -0.2) is 24.3 Å². The first kappa shape index (κ1) is 15.8. The van der Waals surface area contributed by atoms with Gasteiger partial charge in [-0.25, -0.2) is 0 Å². The van der Waals surface area contributed by atoms with Crippen LogP contribution in [0.3, 0.4) is 0 Å². The average molecular weight is 316 g/mol. The Kier molecular flexibility index (Phi) is 5.33.